The second-order valence-electron chi connectivity index (χ2n) is 5.75. The molecule has 2 heterocycles. The zero-order valence-electron chi connectivity index (χ0n) is 13.1. The number of aryl methyl sites for hydroxylation is 1. The van der Waals surface area contributed by atoms with Crippen molar-refractivity contribution in [1.82, 2.24) is 9.78 Å². The molecule has 6 nitrogen and oxygen atoms in total. The van der Waals surface area contributed by atoms with E-state index in [-0.39, 0.29) is 0 Å². The van der Waals surface area contributed by atoms with Gasteiger partial charge in [-0.15, -0.1) is 0 Å². The van der Waals surface area contributed by atoms with Gasteiger partial charge >= 0.3 is 6.03 Å². The van der Waals surface area contributed by atoms with Gasteiger partial charge in [0.15, 0.2) is 0 Å². The molecule has 24 heavy (non-hydrogen) atoms. The Bertz CT molecular complexity index is 731. The van der Waals surface area contributed by atoms with Crippen molar-refractivity contribution in [1.29, 1.82) is 0 Å². The SMILES string of the molecule is NC(=O)N1CCCc2ccc(NCc3cnn(CC(F)F)c3)cc21. The molecule has 2 amide bonds. The molecule has 0 bridgehead atoms. The Morgan fingerprint density at radius 1 is 1.42 bits per heavy atom. The number of primary amides is 1. The smallest absolute Gasteiger partial charge is 0.319 e. The minimum atomic E-state index is -2.42. The summed E-state index contributed by atoms with van der Waals surface area (Å²) in [6.07, 6.45) is 2.54. The quantitative estimate of drug-likeness (QED) is 0.882. The van der Waals surface area contributed by atoms with E-state index in [9.17, 15) is 13.6 Å². The normalized spacial score (nSPS) is 13.9. The van der Waals surface area contributed by atoms with Crippen LogP contribution in [0.5, 0.6) is 0 Å². The summed E-state index contributed by atoms with van der Waals surface area (Å²) in [6.45, 7) is 0.664. The Morgan fingerprint density at radius 3 is 3.00 bits per heavy atom. The molecule has 8 heteroatoms. The number of nitrogens with one attached hydrogen (secondary N) is 1. The third-order valence-corrected chi connectivity index (χ3v) is 3.98. The maximum atomic E-state index is 12.3. The molecule has 0 radical (unpaired) electrons. The van der Waals surface area contributed by atoms with E-state index in [1.54, 1.807) is 17.3 Å². The lowest BCUT2D eigenvalue weighted by Crippen LogP contribution is -2.39. The predicted octanol–water partition coefficient (Wildman–Crippen LogP) is 2.59. The summed E-state index contributed by atoms with van der Waals surface area (Å²) in [5, 5.41) is 7.12. The molecule has 0 saturated heterocycles. The number of nitrogens with two attached hydrogens (primary N) is 1. The Morgan fingerprint density at radius 2 is 2.25 bits per heavy atom. The molecule has 1 aromatic carbocycles. The minimum absolute atomic E-state index is 0.410. The van der Waals surface area contributed by atoms with Crippen molar-refractivity contribution in [3.8, 4) is 0 Å². The van der Waals surface area contributed by atoms with E-state index >= 15 is 0 Å². The lowest BCUT2D eigenvalue weighted by Gasteiger charge is -2.28. The van der Waals surface area contributed by atoms with Crippen molar-refractivity contribution in [3.63, 3.8) is 0 Å². The van der Waals surface area contributed by atoms with E-state index in [0.717, 1.165) is 35.3 Å². The van der Waals surface area contributed by atoms with Crippen LogP contribution in [-0.4, -0.2) is 28.8 Å². The van der Waals surface area contributed by atoms with Crippen molar-refractivity contribution in [3.05, 3.63) is 41.7 Å². The average Bonchev–Trinajstić information content (AvgIpc) is 2.98. The molecule has 1 aliphatic heterocycles. The third-order valence-electron chi connectivity index (χ3n) is 3.98. The molecule has 128 valence electrons. The fourth-order valence-corrected chi connectivity index (χ4v) is 2.86. The van der Waals surface area contributed by atoms with Gasteiger partial charge in [-0.2, -0.15) is 5.10 Å². The van der Waals surface area contributed by atoms with Gasteiger partial charge in [0, 0.05) is 30.5 Å². The van der Waals surface area contributed by atoms with Crippen LogP contribution in [0.25, 0.3) is 0 Å². The van der Waals surface area contributed by atoms with Crippen molar-refractivity contribution in [2.75, 3.05) is 16.8 Å². The van der Waals surface area contributed by atoms with E-state index < -0.39 is 19.0 Å². The van der Waals surface area contributed by atoms with Gasteiger partial charge < -0.3 is 11.1 Å². The van der Waals surface area contributed by atoms with Gasteiger partial charge in [0.05, 0.1) is 11.9 Å². The Balaban J connectivity index is 1.69. The first kappa shape index (κ1) is 16.2. The van der Waals surface area contributed by atoms with Crippen LogP contribution in [0.2, 0.25) is 0 Å². The van der Waals surface area contributed by atoms with Gasteiger partial charge in [-0.05, 0) is 30.5 Å². The van der Waals surface area contributed by atoms with Gasteiger partial charge in [0.2, 0.25) is 0 Å². The molecule has 0 unspecified atom stereocenters. The van der Waals surface area contributed by atoms with Crippen molar-refractivity contribution in [2.24, 2.45) is 5.73 Å². The lowest BCUT2D eigenvalue weighted by atomic mass is 10.0. The largest absolute Gasteiger partial charge is 0.381 e. The second kappa shape index (κ2) is 6.86. The van der Waals surface area contributed by atoms with Crippen LogP contribution in [0.15, 0.2) is 30.6 Å². The van der Waals surface area contributed by atoms with Gasteiger partial charge in [0.1, 0.15) is 6.54 Å². The maximum absolute atomic E-state index is 12.3. The number of hydrogen-bond acceptors (Lipinski definition) is 3. The maximum Gasteiger partial charge on any atom is 0.319 e. The van der Waals surface area contributed by atoms with Gasteiger partial charge in [-0.25, -0.2) is 13.6 Å². The molecule has 3 rings (SSSR count). The van der Waals surface area contributed by atoms with Crippen LogP contribution in [0.3, 0.4) is 0 Å². The Hall–Kier alpha value is -2.64. The average molecular weight is 335 g/mol. The zero-order chi connectivity index (χ0) is 17.1. The number of aromatic nitrogens is 2. The molecule has 1 aliphatic rings. The van der Waals surface area contributed by atoms with Crippen molar-refractivity contribution >= 4 is 17.4 Å². The summed E-state index contributed by atoms with van der Waals surface area (Å²) in [6, 6.07) is 5.35. The van der Waals surface area contributed by atoms with Crippen LogP contribution >= 0.6 is 0 Å². The fraction of sp³-hybridized carbons (Fsp3) is 0.375. The number of amides is 2. The van der Waals surface area contributed by atoms with E-state index in [2.05, 4.69) is 10.4 Å². The van der Waals surface area contributed by atoms with Gasteiger partial charge in [-0.3, -0.25) is 9.58 Å². The summed E-state index contributed by atoms with van der Waals surface area (Å²) in [5.41, 5.74) is 9.00. The summed E-state index contributed by atoms with van der Waals surface area (Å²) >= 11 is 0. The van der Waals surface area contributed by atoms with Crippen LogP contribution in [0.4, 0.5) is 25.0 Å². The number of nitrogens with zero attached hydrogens (tertiary/aromatic N) is 3. The molecular formula is C16H19F2N5O. The first-order chi connectivity index (χ1) is 11.5. The lowest BCUT2D eigenvalue weighted by molar-refractivity contribution is 0.122. The second-order valence-corrected chi connectivity index (χ2v) is 5.75. The number of carbonyl (C=O) groups excluding carboxylic acids is 1. The number of rotatable bonds is 5. The number of anilines is 2. The van der Waals surface area contributed by atoms with Crippen LogP contribution in [0, 0.1) is 0 Å². The first-order valence-corrected chi connectivity index (χ1v) is 7.76. The molecule has 0 fully saturated rings. The number of fused-ring (bicyclic) bond motifs is 1. The van der Waals surface area contributed by atoms with Crippen molar-refractivity contribution in [2.45, 2.75) is 32.4 Å². The molecular weight excluding hydrogens is 316 g/mol. The minimum Gasteiger partial charge on any atom is -0.381 e. The van der Waals surface area contributed by atoms with Crippen LogP contribution in [0.1, 0.15) is 17.5 Å². The fourth-order valence-electron chi connectivity index (χ4n) is 2.86. The van der Waals surface area contributed by atoms with Crippen LogP contribution in [-0.2, 0) is 19.5 Å². The molecule has 0 aliphatic carbocycles. The Kier molecular flexibility index (Phi) is 4.64. The highest BCUT2D eigenvalue weighted by atomic mass is 19.3. The van der Waals surface area contributed by atoms with E-state index in [0.29, 0.717) is 13.1 Å². The number of hydrogen-bond donors (Lipinski definition) is 2. The van der Waals surface area contributed by atoms with Crippen molar-refractivity contribution < 1.29 is 13.6 Å². The zero-order valence-corrected chi connectivity index (χ0v) is 13.1. The standard InChI is InChI=1S/C16H19F2N5O/c17-15(18)10-22-9-11(8-21-22)7-20-13-4-3-12-2-1-5-23(16(19)24)14(12)6-13/h3-4,6,8-9,15,20H,1-2,5,7,10H2,(H2,19,24). The highest BCUT2D eigenvalue weighted by molar-refractivity contribution is 5.92. The first-order valence-electron chi connectivity index (χ1n) is 7.76. The predicted molar refractivity (Wildman–Crippen MR) is 87.3 cm³/mol. The topological polar surface area (TPSA) is 76.2 Å². The van der Waals surface area contributed by atoms with Crippen LogP contribution < -0.4 is 16.0 Å². The summed E-state index contributed by atoms with van der Waals surface area (Å²) in [4.78, 5) is 13.1. The van der Waals surface area contributed by atoms with E-state index in [4.69, 9.17) is 5.73 Å². The number of carbonyl (C=O) groups is 1. The number of halogens is 2. The monoisotopic (exact) mass is 335 g/mol. The number of alkyl halides is 2. The Labute approximate surface area is 138 Å². The van der Waals surface area contributed by atoms with Gasteiger partial charge in [-0.1, -0.05) is 6.07 Å². The molecule has 0 saturated carbocycles. The summed E-state index contributed by atoms with van der Waals surface area (Å²) in [7, 11) is 0. The highest BCUT2D eigenvalue weighted by Crippen LogP contribution is 2.30. The molecule has 1 aromatic heterocycles. The molecule has 0 spiro atoms. The third kappa shape index (κ3) is 3.64. The molecule has 0 atom stereocenters. The highest BCUT2D eigenvalue weighted by Gasteiger charge is 2.20. The summed E-state index contributed by atoms with van der Waals surface area (Å²) < 4.78 is 25.9. The molecule has 3 N–H and O–H groups in total. The number of benzene rings is 1. The summed E-state index contributed by atoms with van der Waals surface area (Å²) in [5.74, 6) is 0. The number of urea groups is 1. The van der Waals surface area contributed by atoms with Gasteiger partial charge in [0.25, 0.3) is 6.43 Å². The van der Waals surface area contributed by atoms with E-state index in [1.807, 2.05) is 18.2 Å². The molecule has 2 aromatic rings. The van der Waals surface area contributed by atoms with E-state index in [1.165, 1.54) is 4.68 Å².